The lowest BCUT2D eigenvalue weighted by molar-refractivity contribution is -0.115. The monoisotopic (exact) mass is 355 g/mol. The van der Waals surface area contributed by atoms with Crippen molar-refractivity contribution in [3.8, 4) is 0 Å². The summed E-state index contributed by atoms with van der Waals surface area (Å²) < 4.78 is 5.02. The van der Waals surface area contributed by atoms with Crippen molar-refractivity contribution in [2.24, 2.45) is 0 Å². The highest BCUT2D eigenvalue weighted by Gasteiger charge is 2.13. The molecule has 0 atom stereocenters. The minimum atomic E-state index is -0.369. The Labute approximate surface area is 148 Å². The van der Waals surface area contributed by atoms with Crippen molar-refractivity contribution in [2.45, 2.75) is 19.8 Å². The molecule has 0 saturated heterocycles. The number of amides is 2. The van der Waals surface area contributed by atoms with E-state index in [1.54, 1.807) is 17.5 Å². The highest BCUT2D eigenvalue weighted by molar-refractivity contribution is 7.14. The summed E-state index contributed by atoms with van der Waals surface area (Å²) in [6.45, 7) is 2.08. The number of aryl methyl sites for hydroxylation is 1. The highest BCUT2D eigenvalue weighted by Crippen LogP contribution is 2.18. The maximum Gasteiger partial charge on any atom is 0.293 e. The summed E-state index contributed by atoms with van der Waals surface area (Å²) in [6.07, 6.45) is 2.53. The number of furan rings is 1. The molecule has 2 N–H and O–H groups in total. The number of benzene rings is 1. The van der Waals surface area contributed by atoms with Crippen LogP contribution in [0.5, 0.6) is 0 Å². The third kappa shape index (κ3) is 4.54. The second-order valence-corrected chi connectivity index (χ2v) is 6.21. The van der Waals surface area contributed by atoms with Gasteiger partial charge >= 0.3 is 0 Å². The first kappa shape index (κ1) is 16.9. The van der Waals surface area contributed by atoms with Crippen LogP contribution in [0.4, 0.5) is 10.8 Å². The maximum absolute atomic E-state index is 12.1. The number of hydrogen-bond donors (Lipinski definition) is 2. The lowest BCUT2D eigenvalue weighted by Crippen LogP contribution is -2.15. The first-order chi connectivity index (χ1) is 12.1. The SMILES string of the molecule is CCc1ccc(NC(=O)Cc2csc(NC(=O)c3ccco3)n2)cc1. The molecule has 2 heterocycles. The molecule has 7 heteroatoms. The molecule has 0 aliphatic carbocycles. The second-order valence-electron chi connectivity index (χ2n) is 5.35. The van der Waals surface area contributed by atoms with Crippen molar-refractivity contribution in [1.82, 2.24) is 4.98 Å². The van der Waals surface area contributed by atoms with Crippen LogP contribution in [-0.4, -0.2) is 16.8 Å². The Morgan fingerprint density at radius 1 is 1.16 bits per heavy atom. The molecule has 0 aliphatic rings. The molecule has 0 saturated carbocycles. The van der Waals surface area contributed by atoms with Crippen LogP contribution < -0.4 is 10.6 Å². The van der Waals surface area contributed by atoms with Crippen LogP contribution in [0.3, 0.4) is 0 Å². The van der Waals surface area contributed by atoms with Crippen LogP contribution in [0.2, 0.25) is 0 Å². The zero-order valence-electron chi connectivity index (χ0n) is 13.6. The van der Waals surface area contributed by atoms with E-state index in [-0.39, 0.29) is 24.0 Å². The van der Waals surface area contributed by atoms with Gasteiger partial charge in [-0.15, -0.1) is 11.3 Å². The van der Waals surface area contributed by atoms with Gasteiger partial charge in [-0.1, -0.05) is 19.1 Å². The average molecular weight is 355 g/mol. The fraction of sp³-hybridized carbons (Fsp3) is 0.167. The van der Waals surface area contributed by atoms with E-state index in [1.165, 1.54) is 23.2 Å². The van der Waals surface area contributed by atoms with Crippen molar-refractivity contribution in [3.63, 3.8) is 0 Å². The standard InChI is InChI=1S/C18H17N3O3S/c1-2-12-5-7-13(8-6-12)19-16(22)10-14-11-25-18(20-14)21-17(23)15-4-3-9-24-15/h3-9,11H,2,10H2,1H3,(H,19,22)(H,20,21,23). The Hall–Kier alpha value is -2.93. The minimum Gasteiger partial charge on any atom is -0.459 e. The van der Waals surface area contributed by atoms with Gasteiger partial charge in [-0.3, -0.25) is 14.9 Å². The molecular weight excluding hydrogens is 338 g/mol. The minimum absolute atomic E-state index is 0.142. The van der Waals surface area contributed by atoms with Crippen molar-refractivity contribution in [2.75, 3.05) is 10.6 Å². The first-order valence-electron chi connectivity index (χ1n) is 7.82. The van der Waals surface area contributed by atoms with E-state index in [1.807, 2.05) is 24.3 Å². The van der Waals surface area contributed by atoms with Gasteiger partial charge in [0.25, 0.3) is 5.91 Å². The smallest absolute Gasteiger partial charge is 0.293 e. The lowest BCUT2D eigenvalue weighted by atomic mass is 10.1. The van der Waals surface area contributed by atoms with Crippen molar-refractivity contribution in [3.05, 3.63) is 65.1 Å². The number of nitrogens with zero attached hydrogens (tertiary/aromatic N) is 1. The molecule has 3 aromatic rings. The zero-order chi connectivity index (χ0) is 17.6. The summed E-state index contributed by atoms with van der Waals surface area (Å²) in [7, 11) is 0. The quantitative estimate of drug-likeness (QED) is 0.705. The van der Waals surface area contributed by atoms with Gasteiger partial charge in [-0.05, 0) is 36.2 Å². The fourth-order valence-corrected chi connectivity index (χ4v) is 2.91. The number of carbonyl (C=O) groups excluding carboxylic acids is 2. The first-order valence-corrected chi connectivity index (χ1v) is 8.70. The Bertz CT molecular complexity index is 854. The Morgan fingerprint density at radius 2 is 1.96 bits per heavy atom. The molecule has 128 valence electrons. The summed E-state index contributed by atoms with van der Waals surface area (Å²) in [5.41, 5.74) is 2.57. The molecule has 25 heavy (non-hydrogen) atoms. The van der Waals surface area contributed by atoms with Gasteiger partial charge in [0.15, 0.2) is 10.9 Å². The van der Waals surface area contributed by atoms with E-state index in [0.717, 1.165) is 12.1 Å². The number of carbonyl (C=O) groups is 2. The largest absolute Gasteiger partial charge is 0.459 e. The van der Waals surface area contributed by atoms with Gasteiger partial charge in [0.2, 0.25) is 5.91 Å². The summed E-state index contributed by atoms with van der Waals surface area (Å²) >= 11 is 1.26. The number of hydrogen-bond acceptors (Lipinski definition) is 5. The number of anilines is 2. The van der Waals surface area contributed by atoms with Crippen LogP contribution in [0.25, 0.3) is 0 Å². The summed E-state index contributed by atoms with van der Waals surface area (Å²) in [5.74, 6) is -0.310. The van der Waals surface area contributed by atoms with Gasteiger partial charge in [-0.2, -0.15) is 0 Å². The van der Waals surface area contributed by atoms with Gasteiger partial charge in [0, 0.05) is 11.1 Å². The van der Waals surface area contributed by atoms with E-state index in [0.29, 0.717) is 10.8 Å². The third-order valence-electron chi connectivity index (χ3n) is 3.50. The third-order valence-corrected chi connectivity index (χ3v) is 4.31. The molecule has 0 spiro atoms. The number of nitrogens with one attached hydrogen (secondary N) is 2. The Morgan fingerprint density at radius 3 is 2.64 bits per heavy atom. The number of rotatable bonds is 6. The number of aromatic nitrogens is 1. The highest BCUT2D eigenvalue weighted by atomic mass is 32.1. The molecule has 0 radical (unpaired) electrons. The fourth-order valence-electron chi connectivity index (χ4n) is 2.21. The summed E-state index contributed by atoms with van der Waals surface area (Å²) in [4.78, 5) is 28.2. The van der Waals surface area contributed by atoms with E-state index in [2.05, 4.69) is 22.5 Å². The normalized spacial score (nSPS) is 10.4. The van der Waals surface area contributed by atoms with Gasteiger partial charge in [0.1, 0.15) is 0 Å². The van der Waals surface area contributed by atoms with Gasteiger partial charge < -0.3 is 9.73 Å². The molecule has 2 amide bonds. The predicted octanol–water partition coefficient (Wildman–Crippen LogP) is 3.73. The second kappa shape index (κ2) is 7.76. The van der Waals surface area contributed by atoms with Crippen LogP contribution >= 0.6 is 11.3 Å². The number of thiazole rings is 1. The molecule has 0 unspecified atom stereocenters. The van der Waals surface area contributed by atoms with Gasteiger partial charge in [-0.25, -0.2) is 4.98 Å². The van der Waals surface area contributed by atoms with E-state index in [9.17, 15) is 9.59 Å². The van der Waals surface area contributed by atoms with Crippen LogP contribution in [0.15, 0.2) is 52.5 Å². The molecule has 0 bridgehead atoms. The summed E-state index contributed by atoms with van der Waals surface area (Å²) in [5, 5.41) is 7.66. The molecule has 0 aliphatic heterocycles. The Balaban J connectivity index is 1.55. The molecule has 2 aromatic heterocycles. The zero-order valence-corrected chi connectivity index (χ0v) is 14.4. The van der Waals surface area contributed by atoms with Crippen LogP contribution in [0, 0.1) is 0 Å². The van der Waals surface area contributed by atoms with E-state index in [4.69, 9.17) is 4.42 Å². The molecule has 3 rings (SSSR count). The van der Waals surface area contributed by atoms with Crippen LogP contribution in [0.1, 0.15) is 28.7 Å². The molecule has 6 nitrogen and oxygen atoms in total. The molecule has 0 fully saturated rings. The van der Waals surface area contributed by atoms with Crippen molar-refractivity contribution < 1.29 is 14.0 Å². The average Bonchev–Trinajstić information content (AvgIpc) is 3.27. The van der Waals surface area contributed by atoms with E-state index >= 15 is 0 Å². The van der Waals surface area contributed by atoms with Crippen molar-refractivity contribution in [1.29, 1.82) is 0 Å². The van der Waals surface area contributed by atoms with Crippen LogP contribution in [-0.2, 0) is 17.6 Å². The van der Waals surface area contributed by atoms with E-state index < -0.39 is 0 Å². The predicted molar refractivity (Wildman–Crippen MR) is 96.9 cm³/mol. The lowest BCUT2D eigenvalue weighted by Gasteiger charge is -2.05. The molecular formula is C18H17N3O3S. The topological polar surface area (TPSA) is 84.2 Å². The Kier molecular flexibility index (Phi) is 5.25. The van der Waals surface area contributed by atoms with Crippen molar-refractivity contribution >= 4 is 34.0 Å². The maximum atomic E-state index is 12.1. The summed E-state index contributed by atoms with van der Waals surface area (Å²) in [6, 6.07) is 10.9. The van der Waals surface area contributed by atoms with Gasteiger partial charge in [0.05, 0.1) is 18.4 Å². The molecule has 1 aromatic carbocycles.